The van der Waals surface area contributed by atoms with Crippen LogP contribution < -0.4 is 10.6 Å². The van der Waals surface area contributed by atoms with Crippen molar-refractivity contribution in [3.05, 3.63) is 0 Å². The molecular weight excluding hydrogens is 514 g/mol. The van der Waals surface area contributed by atoms with Gasteiger partial charge in [0.15, 0.2) is 0 Å². The summed E-state index contributed by atoms with van der Waals surface area (Å²) in [6, 6.07) is 0.122. The van der Waals surface area contributed by atoms with Gasteiger partial charge in [-0.25, -0.2) is 0 Å². The predicted molar refractivity (Wildman–Crippen MR) is 163 cm³/mol. The molecule has 3 unspecified atom stereocenters. The molecule has 5 aliphatic rings. The van der Waals surface area contributed by atoms with Crippen molar-refractivity contribution < 1.29 is 19.8 Å². The van der Waals surface area contributed by atoms with Crippen molar-refractivity contribution in [2.45, 2.75) is 135 Å². The zero-order valence-corrected chi connectivity index (χ0v) is 26.5. The summed E-state index contributed by atoms with van der Waals surface area (Å²) in [6.07, 6.45) is 15.4. The van der Waals surface area contributed by atoms with Crippen LogP contribution in [0.3, 0.4) is 0 Å². The van der Waals surface area contributed by atoms with Crippen LogP contribution in [0.25, 0.3) is 0 Å². The van der Waals surface area contributed by atoms with E-state index in [1.165, 1.54) is 77.0 Å². The average molecular weight is 576 g/mol. The lowest BCUT2D eigenvalue weighted by Crippen LogP contribution is -2.49. The normalized spacial score (nSPS) is 41.2. The molecule has 0 spiro atoms. The summed E-state index contributed by atoms with van der Waals surface area (Å²) >= 11 is 0. The first-order chi connectivity index (χ1) is 19.7. The van der Waals surface area contributed by atoms with Gasteiger partial charge in [0, 0.05) is 25.0 Å². The molecule has 0 aromatic carbocycles. The molecule has 0 aromatic rings. The summed E-state index contributed by atoms with van der Waals surface area (Å²) in [5, 5.41) is 29.5. The lowest BCUT2D eigenvalue weighted by Gasteiger charge is -2.41. The van der Waals surface area contributed by atoms with Gasteiger partial charge in [-0.15, -0.1) is 0 Å². The molecule has 2 saturated heterocycles. The Hall–Kier alpha value is -0.730. The third-order valence-electron chi connectivity index (χ3n) is 12.2. The average Bonchev–Trinajstić information content (AvgIpc) is 3.54. The molecule has 2 heterocycles. The number of carbonyl (C=O) groups excluding carboxylic acids is 1. The van der Waals surface area contributed by atoms with Gasteiger partial charge >= 0.3 is 0 Å². The first-order valence-corrected chi connectivity index (χ1v) is 17.4. The molecule has 0 aromatic heterocycles. The zero-order valence-electron chi connectivity index (χ0n) is 26.5. The van der Waals surface area contributed by atoms with Crippen LogP contribution in [-0.4, -0.2) is 71.7 Å². The van der Waals surface area contributed by atoms with Crippen LogP contribution in [0, 0.1) is 46.8 Å². The SMILES string of the molecule is C[C@H](O)[C@H]1ON(CC2CCC(C3CCC(C(C)(C)C)CC3)CC2)[C@@H](C(=O)NCCC2CNC3CCCCC23)[C@H]1CO. The maximum absolute atomic E-state index is 13.6. The number of rotatable bonds is 9. The van der Waals surface area contributed by atoms with E-state index in [9.17, 15) is 15.0 Å². The summed E-state index contributed by atoms with van der Waals surface area (Å²) in [5.41, 5.74) is 0.434. The largest absolute Gasteiger partial charge is 0.396 e. The fraction of sp³-hybridized carbons (Fsp3) is 0.971. The number of aliphatic hydroxyl groups is 2. The van der Waals surface area contributed by atoms with Gasteiger partial charge in [-0.1, -0.05) is 33.6 Å². The predicted octanol–water partition coefficient (Wildman–Crippen LogP) is 4.90. The maximum atomic E-state index is 13.6. The van der Waals surface area contributed by atoms with E-state index in [0.29, 0.717) is 36.4 Å². The van der Waals surface area contributed by atoms with Crippen LogP contribution in [0.1, 0.15) is 111 Å². The van der Waals surface area contributed by atoms with E-state index in [4.69, 9.17) is 4.84 Å². The fourth-order valence-electron chi connectivity index (χ4n) is 9.61. The van der Waals surface area contributed by atoms with E-state index in [1.54, 1.807) is 6.92 Å². The summed E-state index contributed by atoms with van der Waals surface area (Å²) in [7, 11) is 0. The molecule has 3 saturated carbocycles. The molecule has 7 atom stereocenters. The Kier molecular flexibility index (Phi) is 10.8. The highest BCUT2D eigenvalue weighted by atomic mass is 16.7. The van der Waals surface area contributed by atoms with Crippen molar-refractivity contribution in [2.75, 3.05) is 26.2 Å². The summed E-state index contributed by atoms with van der Waals surface area (Å²) in [6.45, 7) is 11.2. The number of nitrogens with zero attached hydrogens (tertiary/aromatic N) is 1. The van der Waals surface area contributed by atoms with E-state index in [-0.39, 0.29) is 12.5 Å². The molecule has 2 aliphatic heterocycles. The second-order valence-electron chi connectivity index (χ2n) is 15.8. The van der Waals surface area contributed by atoms with E-state index in [2.05, 4.69) is 31.4 Å². The summed E-state index contributed by atoms with van der Waals surface area (Å²) < 4.78 is 0. The molecule has 1 amide bonds. The number of aliphatic hydroxyl groups excluding tert-OH is 2. The van der Waals surface area contributed by atoms with Crippen molar-refractivity contribution in [1.29, 1.82) is 0 Å². The van der Waals surface area contributed by atoms with E-state index in [1.807, 2.05) is 5.06 Å². The number of hydroxylamine groups is 2. The van der Waals surface area contributed by atoms with Crippen molar-refractivity contribution >= 4 is 5.91 Å². The Morgan fingerprint density at radius 1 is 1.00 bits per heavy atom. The minimum absolute atomic E-state index is 0.0531. The number of fused-ring (bicyclic) bond motifs is 1. The molecule has 41 heavy (non-hydrogen) atoms. The minimum atomic E-state index is -0.737. The zero-order chi connectivity index (χ0) is 29.1. The Morgan fingerprint density at radius 3 is 2.29 bits per heavy atom. The molecular formula is C34H61N3O4. The lowest BCUT2D eigenvalue weighted by atomic mass is 9.65. The van der Waals surface area contributed by atoms with Gasteiger partial charge in [0.2, 0.25) is 5.91 Å². The minimum Gasteiger partial charge on any atom is -0.396 e. The third kappa shape index (κ3) is 7.50. The standard InChI is InChI=1S/C34H61N3O4/c1-22(39)32-29(21-38)31(33(40)35-18-17-26-19-36-30-8-6-5-7-28(26)30)37(41-32)20-23-9-11-24(12-10-23)25-13-15-27(16-14-25)34(2,3)4/h22-32,36,38-39H,5-21H2,1-4H3,(H,35,40)/t22-,23?,24?,25?,26?,27?,28?,29+,30?,31+,32+/m0/s1. The second kappa shape index (κ2) is 13.9. The molecule has 7 heteroatoms. The van der Waals surface area contributed by atoms with Gasteiger partial charge in [-0.2, -0.15) is 5.06 Å². The number of carbonyl (C=O) groups is 1. The topological polar surface area (TPSA) is 94.1 Å². The first kappa shape index (κ1) is 31.7. The molecule has 236 valence electrons. The lowest BCUT2D eigenvalue weighted by molar-refractivity contribution is -0.193. The van der Waals surface area contributed by atoms with Crippen LogP contribution in [0.15, 0.2) is 0 Å². The van der Waals surface area contributed by atoms with Crippen LogP contribution >= 0.6 is 0 Å². The van der Waals surface area contributed by atoms with Crippen molar-refractivity contribution in [2.24, 2.45) is 46.8 Å². The molecule has 0 radical (unpaired) electrons. The molecule has 5 fully saturated rings. The fourth-order valence-corrected chi connectivity index (χ4v) is 9.61. The highest BCUT2D eigenvalue weighted by Gasteiger charge is 2.49. The second-order valence-corrected chi connectivity index (χ2v) is 15.8. The van der Waals surface area contributed by atoms with E-state index in [0.717, 1.165) is 36.6 Å². The Bertz CT molecular complexity index is 830. The van der Waals surface area contributed by atoms with Crippen LogP contribution in [0.2, 0.25) is 0 Å². The quantitative estimate of drug-likeness (QED) is 0.312. The van der Waals surface area contributed by atoms with Crippen molar-refractivity contribution in [3.63, 3.8) is 0 Å². The van der Waals surface area contributed by atoms with Crippen molar-refractivity contribution in [3.8, 4) is 0 Å². The number of nitrogens with one attached hydrogen (secondary N) is 2. The first-order valence-electron chi connectivity index (χ1n) is 17.4. The highest BCUT2D eigenvalue weighted by Crippen LogP contribution is 2.46. The molecule has 0 bridgehead atoms. The molecule has 3 aliphatic carbocycles. The number of hydrogen-bond acceptors (Lipinski definition) is 6. The van der Waals surface area contributed by atoms with Gasteiger partial charge in [0.1, 0.15) is 12.1 Å². The summed E-state index contributed by atoms with van der Waals surface area (Å²) in [4.78, 5) is 19.9. The van der Waals surface area contributed by atoms with Gasteiger partial charge in [0.05, 0.1) is 12.7 Å². The number of hydrogen-bond donors (Lipinski definition) is 4. The summed E-state index contributed by atoms with van der Waals surface area (Å²) in [5.74, 6) is 4.00. The molecule has 5 rings (SSSR count). The van der Waals surface area contributed by atoms with Gasteiger partial charge in [0.25, 0.3) is 0 Å². The van der Waals surface area contributed by atoms with Crippen molar-refractivity contribution in [1.82, 2.24) is 15.7 Å². The monoisotopic (exact) mass is 575 g/mol. The van der Waals surface area contributed by atoms with Crippen LogP contribution in [-0.2, 0) is 9.63 Å². The van der Waals surface area contributed by atoms with Crippen LogP contribution in [0.4, 0.5) is 0 Å². The van der Waals surface area contributed by atoms with Gasteiger partial charge in [-0.05, 0) is 125 Å². The van der Waals surface area contributed by atoms with Crippen LogP contribution in [0.5, 0.6) is 0 Å². The Balaban J connectivity index is 1.12. The Morgan fingerprint density at radius 2 is 1.66 bits per heavy atom. The van der Waals surface area contributed by atoms with Gasteiger partial charge in [-0.3, -0.25) is 9.63 Å². The van der Waals surface area contributed by atoms with E-state index < -0.39 is 24.2 Å². The molecule has 7 nitrogen and oxygen atoms in total. The number of amides is 1. The highest BCUT2D eigenvalue weighted by molar-refractivity contribution is 5.82. The Labute approximate surface area is 249 Å². The van der Waals surface area contributed by atoms with Gasteiger partial charge < -0.3 is 20.8 Å². The smallest absolute Gasteiger partial charge is 0.240 e. The maximum Gasteiger partial charge on any atom is 0.240 e. The van der Waals surface area contributed by atoms with E-state index >= 15 is 0 Å². The third-order valence-corrected chi connectivity index (χ3v) is 12.2. The molecule has 4 N–H and O–H groups in total.